The van der Waals surface area contributed by atoms with Gasteiger partial charge in [-0.2, -0.15) is 0 Å². The van der Waals surface area contributed by atoms with Crippen molar-refractivity contribution >= 4 is 0 Å². The van der Waals surface area contributed by atoms with Crippen LogP contribution in [0.15, 0.2) is 0 Å². The standard InChI is InChI=1S/C12H24O3/c1-6-9-11(3,4)12(5,8-14-13)10(7-2)15-9/h9-10,13H,6-8H2,1-5H3. The van der Waals surface area contributed by atoms with Gasteiger partial charge in [0.25, 0.3) is 0 Å². The van der Waals surface area contributed by atoms with Gasteiger partial charge in [-0.3, -0.25) is 5.26 Å². The summed E-state index contributed by atoms with van der Waals surface area (Å²) in [6.45, 7) is 11.2. The molecule has 0 amide bonds. The Kier molecular flexibility index (Phi) is 3.80. The van der Waals surface area contributed by atoms with Crippen LogP contribution < -0.4 is 0 Å². The lowest BCUT2D eigenvalue weighted by Gasteiger charge is -2.40. The van der Waals surface area contributed by atoms with Gasteiger partial charge in [-0.25, -0.2) is 4.89 Å². The van der Waals surface area contributed by atoms with E-state index >= 15 is 0 Å². The summed E-state index contributed by atoms with van der Waals surface area (Å²) in [6, 6.07) is 0. The van der Waals surface area contributed by atoms with Crippen LogP contribution in [-0.2, 0) is 9.62 Å². The van der Waals surface area contributed by atoms with Gasteiger partial charge in [0.2, 0.25) is 0 Å². The van der Waals surface area contributed by atoms with Crippen molar-refractivity contribution in [3.63, 3.8) is 0 Å². The first-order valence-electron chi connectivity index (χ1n) is 5.85. The summed E-state index contributed by atoms with van der Waals surface area (Å²) in [4.78, 5) is 4.41. The number of ether oxygens (including phenoxy) is 1. The van der Waals surface area contributed by atoms with E-state index in [0.29, 0.717) is 6.61 Å². The minimum Gasteiger partial charge on any atom is -0.374 e. The van der Waals surface area contributed by atoms with Gasteiger partial charge >= 0.3 is 0 Å². The number of rotatable bonds is 4. The van der Waals surface area contributed by atoms with Crippen LogP contribution >= 0.6 is 0 Å². The average molecular weight is 216 g/mol. The van der Waals surface area contributed by atoms with Crippen molar-refractivity contribution in [2.45, 2.75) is 59.7 Å². The molecule has 3 nitrogen and oxygen atoms in total. The third-order valence-corrected chi connectivity index (χ3v) is 4.42. The Morgan fingerprint density at radius 2 is 1.67 bits per heavy atom. The van der Waals surface area contributed by atoms with Crippen LogP contribution in [0.25, 0.3) is 0 Å². The first-order chi connectivity index (χ1) is 6.94. The summed E-state index contributed by atoms with van der Waals surface area (Å²) in [7, 11) is 0. The number of hydrogen-bond donors (Lipinski definition) is 1. The van der Waals surface area contributed by atoms with Gasteiger partial charge in [0.05, 0.1) is 18.8 Å². The Labute approximate surface area is 92.7 Å². The lowest BCUT2D eigenvalue weighted by atomic mass is 9.63. The second kappa shape index (κ2) is 4.40. The molecule has 3 heteroatoms. The summed E-state index contributed by atoms with van der Waals surface area (Å²) >= 11 is 0. The monoisotopic (exact) mass is 216 g/mol. The second-order valence-electron chi connectivity index (χ2n) is 5.34. The van der Waals surface area contributed by atoms with Crippen molar-refractivity contribution in [2.75, 3.05) is 6.61 Å². The Morgan fingerprint density at radius 1 is 1.13 bits per heavy atom. The zero-order valence-electron chi connectivity index (χ0n) is 10.5. The number of hydrogen-bond acceptors (Lipinski definition) is 3. The molecular formula is C12H24O3. The van der Waals surface area contributed by atoms with Gasteiger partial charge in [-0.1, -0.05) is 34.6 Å². The minimum absolute atomic E-state index is 0.0329. The van der Waals surface area contributed by atoms with Gasteiger partial charge in [-0.05, 0) is 12.8 Å². The molecule has 0 aromatic rings. The first kappa shape index (κ1) is 12.9. The van der Waals surface area contributed by atoms with Crippen molar-refractivity contribution in [1.82, 2.24) is 0 Å². The smallest absolute Gasteiger partial charge is 0.0904 e. The van der Waals surface area contributed by atoms with E-state index < -0.39 is 0 Å². The zero-order valence-corrected chi connectivity index (χ0v) is 10.5. The van der Waals surface area contributed by atoms with E-state index in [1.165, 1.54) is 0 Å². The van der Waals surface area contributed by atoms with E-state index in [2.05, 4.69) is 39.5 Å². The summed E-state index contributed by atoms with van der Waals surface area (Å²) in [5.74, 6) is 0. The lowest BCUT2D eigenvalue weighted by Crippen LogP contribution is -2.44. The highest BCUT2D eigenvalue weighted by atomic mass is 17.1. The van der Waals surface area contributed by atoms with E-state index in [4.69, 9.17) is 9.99 Å². The predicted molar refractivity (Wildman–Crippen MR) is 59.7 cm³/mol. The molecule has 90 valence electrons. The van der Waals surface area contributed by atoms with Crippen molar-refractivity contribution in [1.29, 1.82) is 0 Å². The Hall–Kier alpha value is -0.120. The van der Waals surface area contributed by atoms with Crippen LogP contribution in [0.4, 0.5) is 0 Å². The fourth-order valence-corrected chi connectivity index (χ4v) is 2.87. The molecule has 0 saturated carbocycles. The Bertz CT molecular complexity index is 215. The maximum Gasteiger partial charge on any atom is 0.0904 e. The second-order valence-corrected chi connectivity index (χ2v) is 5.34. The molecule has 1 saturated heterocycles. The van der Waals surface area contributed by atoms with Crippen LogP contribution in [0, 0.1) is 10.8 Å². The molecule has 0 aromatic carbocycles. The molecule has 3 unspecified atom stereocenters. The molecule has 0 aliphatic carbocycles. The van der Waals surface area contributed by atoms with Crippen molar-refractivity contribution in [3.8, 4) is 0 Å². The summed E-state index contributed by atoms with van der Waals surface area (Å²) in [5, 5.41) is 8.74. The van der Waals surface area contributed by atoms with Crippen LogP contribution in [-0.4, -0.2) is 24.1 Å². The molecule has 1 N–H and O–H groups in total. The quantitative estimate of drug-likeness (QED) is 0.579. The largest absolute Gasteiger partial charge is 0.374 e. The topological polar surface area (TPSA) is 38.7 Å². The fraction of sp³-hybridized carbons (Fsp3) is 1.00. The molecule has 1 heterocycles. The third kappa shape index (κ3) is 1.81. The molecule has 0 spiro atoms. The SMILES string of the molecule is CCC1OC(CC)C(C)(COO)C1(C)C. The van der Waals surface area contributed by atoms with Crippen LogP contribution in [0.1, 0.15) is 47.5 Å². The van der Waals surface area contributed by atoms with Gasteiger partial charge in [-0.15, -0.1) is 0 Å². The van der Waals surface area contributed by atoms with Gasteiger partial charge in [0, 0.05) is 10.8 Å². The summed E-state index contributed by atoms with van der Waals surface area (Å²) in [5.41, 5.74) is -0.0810. The maximum atomic E-state index is 8.74. The van der Waals surface area contributed by atoms with Gasteiger partial charge in [0.15, 0.2) is 0 Å². The van der Waals surface area contributed by atoms with Crippen molar-refractivity contribution in [3.05, 3.63) is 0 Å². The van der Waals surface area contributed by atoms with E-state index in [-0.39, 0.29) is 23.0 Å². The van der Waals surface area contributed by atoms with E-state index in [9.17, 15) is 0 Å². The highest BCUT2D eigenvalue weighted by molar-refractivity contribution is 5.04. The van der Waals surface area contributed by atoms with E-state index in [0.717, 1.165) is 12.8 Å². The normalized spacial score (nSPS) is 39.6. The molecule has 1 fully saturated rings. The van der Waals surface area contributed by atoms with E-state index in [1.807, 2.05) is 0 Å². The molecule has 1 rings (SSSR count). The average Bonchev–Trinajstić information content (AvgIpc) is 2.36. The lowest BCUT2D eigenvalue weighted by molar-refractivity contribution is -0.271. The maximum absolute atomic E-state index is 8.74. The zero-order chi connectivity index (χ0) is 11.7. The third-order valence-electron chi connectivity index (χ3n) is 4.42. The first-order valence-corrected chi connectivity index (χ1v) is 5.85. The molecular weight excluding hydrogens is 192 g/mol. The van der Waals surface area contributed by atoms with Crippen molar-refractivity contribution in [2.24, 2.45) is 10.8 Å². The van der Waals surface area contributed by atoms with Crippen LogP contribution in [0.2, 0.25) is 0 Å². The molecule has 0 aromatic heterocycles. The highest BCUT2D eigenvalue weighted by Crippen LogP contribution is 2.54. The molecule has 0 bridgehead atoms. The van der Waals surface area contributed by atoms with Crippen LogP contribution in [0.5, 0.6) is 0 Å². The minimum atomic E-state index is -0.114. The van der Waals surface area contributed by atoms with Gasteiger partial charge < -0.3 is 4.74 Å². The molecule has 1 aliphatic heterocycles. The highest BCUT2D eigenvalue weighted by Gasteiger charge is 2.57. The molecule has 3 atom stereocenters. The molecule has 1 aliphatic rings. The fourth-order valence-electron chi connectivity index (χ4n) is 2.87. The Morgan fingerprint density at radius 3 is 2.07 bits per heavy atom. The molecule has 0 radical (unpaired) electrons. The summed E-state index contributed by atoms with van der Waals surface area (Å²) < 4.78 is 6.05. The van der Waals surface area contributed by atoms with Gasteiger partial charge in [0.1, 0.15) is 0 Å². The Balaban J connectivity index is 2.98. The van der Waals surface area contributed by atoms with E-state index in [1.54, 1.807) is 0 Å². The van der Waals surface area contributed by atoms with Crippen LogP contribution in [0.3, 0.4) is 0 Å². The predicted octanol–water partition coefficient (Wildman–Crippen LogP) is 3.10. The van der Waals surface area contributed by atoms with Crippen molar-refractivity contribution < 1.29 is 14.9 Å². The summed E-state index contributed by atoms with van der Waals surface area (Å²) in [6.07, 6.45) is 2.39. The molecule has 15 heavy (non-hydrogen) atoms.